The number of aryl methyl sites for hydroxylation is 1. The number of nitrogens with one attached hydrogen (secondary N) is 2. The molecule has 0 bridgehead atoms. The van der Waals surface area contributed by atoms with E-state index in [1.54, 1.807) is 14.1 Å². The average Bonchev–Trinajstić information content (AvgIpc) is 2.64. The summed E-state index contributed by atoms with van der Waals surface area (Å²) >= 11 is 0. The number of carbonyl (C=O) groups is 2. The first-order valence-electron chi connectivity index (χ1n) is 8.87. The SMILES string of the molecule is CNC(=O)CCCCc1ccc(COCC(N)CCC(=O)NC)cc1. The Morgan fingerprint density at radius 1 is 1.00 bits per heavy atom. The number of hydrogen-bond donors (Lipinski definition) is 3. The van der Waals surface area contributed by atoms with Crippen LogP contribution < -0.4 is 16.4 Å². The van der Waals surface area contributed by atoms with Crippen LogP contribution in [0, 0.1) is 0 Å². The summed E-state index contributed by atoms with van der Waals surface area (Å²) in [6.45, 7) is 0.961. The zero-order chi connectivity index (χ0) is 18.5. The van der Waals surface area contributed by atoms with Gasteiger partial charge in [-0.15, -0.1) is 0 Å². The van der Waals surface area contributed by atoms with Crippen molar-refractivity contribution in [3.05, 3.63) is 35.4 Å². The lowest BCUT2D eigenvalue weighted by molar-refractivity contribution is -0.121. The Balaban J connectivity index is 2.19. The van der Waals surface area contributed by atoms with E-state index in [-0.39, 0.29) is 17.9 Å². The van der Waals surface area contributed by atoms with Gasteiger partial charge in [-0.2, -0.15) is 0 Å². The predicted octanol–water partition coefficient (Wildman–Crippen LogP) is 1.52. The molecule has 2 amide bonds. The summed E-state index contributed by atoms with van der Waals surface area (Å²) in [5, 5.41) is 5.21. The molecule has 0 aliphatic carbocycles. The fraction of sp³-hybridized carbons (Fsp3) is 0.579. The molecule has 1 aromatic rings. The van der Waals surface area contributed by atoms with E-state index in [0.29, 0.717) is 32.5 Å². The van der Waals surface area contributed by atoms with Gasteiger partial charge in [-0.1, -0.05) is 24.3 Å². The van der Waals surface area contributed by atoms with Gasteiger partial charge in [0.2, 0.25) is 11.8 Å². The van der Waals surface area contributed by atoms with Crippen LogP contribution in [0.3, 0.4) is 0 Å². The summed E-state index contributed by atoms with van der Waals surface area (Å²) in [4.78, 5) is 22.3. The number of unbranched alkanes of at least 4 members (excludes halogenated alkanes) is 1. The van der Waals surface area contributed by atoms with Crippen molar-refractivity contribution in [3.8, 4) is 0 Å². The van der Waals surface area contributed by atoms with Gasteiger partial charge in [0.25, 0.3) is 0 Å². The molecule has 1 atom stereocenters. The second-order valence-electron chi connectivity index (χ2n) is 6.18. The molecule has 0 saturated carbocycles. The van der Waals surface area contributed by atoms with E-state index in [4.69, 9.17) is 10.5 Å². The molecular formula is C19H31N3O3. The lowest BCUT2D eigenvalue weighted by Gasteiger charge is -2.12. The Kier molecular flexibility index (Phi) is 10.5. The van der Waals surface area contributed by atoms with E-state index in [1.807, 2.05) is 0 Å². The van der Waals surface area contributed by atoms with Crippen molar-refractivity contribution in [2.24, 2.45) is 5.73 Å². The summed E-state index contributed by atoms with van der Waals surface area (Å²) < 4.78 is 5.62. The van der Waals surface area contributed by atoms with E-state index in [2.05, 4.69) is 34.9 Å². The van der Waals surface area contributed by atoms with Gasteiger partial charge < -0.3 is 21.1 Å². The van der Waals surface area contributed by atoms with Crippen molar-refractivity contribution in [2.45, 2.75) is 51.2 Å². The first-order chi connectivity index (χ1) is 12.0. The van der Waals surface area contributed by atoms with Crippen LogP contribution >= 0.6 is 0 Å². The first-order valence-corrected chi connectivity index (χ1v) is 8.87. The minimum atomic E-state index is -0.128. The van der Waals surface area contributed by atoms with Crippen LogP contribution in [-0.4, -0.2) is 38.6 Å². The second-order valence-corrected chi connectivity index (χ2v) is 6.18. The molecule has 25 heavy (non-hydrogen) atoms. The fourth-order valence-electron chi connectivity index (χ4n) is 2.39. The molecule has 1 unspecified atom stereocenters. The van der Waals surface area contributed by atoms with Crippen molar-refractivity contribution in [3.63, 3.8) is 0 Å². The van der Waals surface area contributed by atoms with E-state index < -0.39 is 0 Å². The van der Waals surface area contributed by atoms with Gasteiger partial charge in [-0.25, -0.2) is 0 Å². The fourth-order valence-corrected chi connectivity index (χ4v) is 2.39. The summed E-state index contributed by atoms with van der Waals surface area (Å²) in [5.74, 6) is 0.0994. The molecular weight excluding hydrogens is 318 g/mol. The molecule has 140 valence electrons. The van der Waals surface area contributed by atoms with Crippen molar-refractivity contribution >= 4 is 11.8 Å². The van der Waals surface area contributed by atoms with Gasteiger partial charge in [0.1, 0.15) is 0 Å². The van der Waals surface area contributed by atoms with Crippen LogP contribution in [0.15, 0.2) is 24.3 Å². The van der Waals surface area contributed by atoms with Gasteiger partial charge in [-0.05, 0) is 36.8 Å². The lowest BCUT2D eigenvalue weighted by Crippen LogP contribution is -2.28. The molecule has 0 saturated heterocycles. The van der Waals surface area contributed by atoms with E-state index >= 15 is 0 Å². The average molecular weight is 349 g/mol. The maximum absolute atomic E-state index is 11.2. The number of amides is 2. The molecule has 1 aromatic carbocycles. The number of hydrogen-bond acceptors (Lipinski definition) is 4. The molecule has 6 heteroatoms. The molecule has 1 rings (SSSR count). The number of rotatable bonds is 12. The topological polar surface area (TPSA) is 93.4 Å². The zero-order valence-corrected chi connectivity index (χ0v) is 15.3. The Bertz CT molecular complexity index is 517. The quantitative estimate of drug-likeness (QED) is 0.499. The standard InChI is InChI=1S/C19H31N3O3/c1-21-18(23)6-4-3-5-15-7-9-16(10-8-15)13-25-14-17(20)11-12-19(24)22-2/h7-10,17H,3-6,11-14,20H2,1-2H3,(H,21,23)(H,22,24). The van der Waals surface area contributed by atoms with Crippen molar-refractivity contribution in [1.82, 2.24) is 10.6 Å². The molecule has 0 radical (unpaired) electrons. The maximum atomic E-state index is 11.2. The molecule has 0 fully saturated rings. The normalized spacial score (nSPS) is 11.8. The predicted molar refractivity (Wildman–Crippen MR) is 99.0 cm³/mol. The van der Waals surface area contributed by atoms with Gasteiger partial charge >= 0.3 is 0 Å². The molecule has 0 aliphatic heterocycles. The van der Waals surface area contributed by atoms with Crippen LogP contribution in [0.4, 0.5) is 0 Å². The summed E-state index contributed by atoms with van der Waals surface area (Å²) in [6, 6.07) is 8.19. The van der Waals surface area contributed by atoms with Crippen molar-refractivity contribution < 1.29 is 14.3 Å². The summed E-state index contributed by atoms with van der Waals surface area (Å²) in [5.41, 5.74) is 8.30. The highest BCUT2D eigenvalue weighted by Crippen LogP contribution is 2.10. The Morgan fingerprint density at radius 2 is 1.60 bits per heavy atom. The zero-order valence-electron chi connectivity index (χ0n) is 15.3. The lowest BCUT2D eigenvalue weighted by atomic mass is 10.1. The van der Waals surface area contributed by atoms with E-state index in [1.165, 1.54) is 5.56 Å². The van der Waals surface area contributed by atoms with Crippen molar-refractivity contribution in [1.29, 1.82) is 0 Å². The Hall–Kier alpha value is -1.92. The first kappa shape index (κ1) is 21.1. The summed E-state index contributed by atoms with van der Waals surface area (Å²) in [7, 11) is 3.29. The highest BCUT2D eigenvalue weighted by atomic mass is 16.5. The van der Waals surface area contributed by atoms with E-state index in [0.717, 1.165) is 24.8 Å². The monoisotopic (exact) mass is 349 g/mol. The molecule has 6 nitrogen and oxygen atoms in total. The third-order valence-corrected chi connectivity index (χ3v) is 4.04. The second kappa shape index (κ2) is 12.4. The van der Waals surface area contributed by atoms with E-state index in [9.17, 15) is 9.59 Å². The summed E-state index contributed by atoms with van der Waals surface area (Å²) in [6.07, 6.45) is 4.51. The number of carbonyl (C=O) groups excluding carboxylic acids is 2. The van der Waals surface area contributed by atoms with Gasteiger partial charge in [0, 0.05) is 33.0 Å². The third-order valence-electron chi connectivity index (χ3n) is 4.04. The van der Waals surface area contributed by atoms with Gasteiger partial charge in [0.15, 0.2) is 0 Å². The minimum absolute atomic E-state index is 0.00126. The minimum Gasteiger partial charge on any atom is -0.375 e. The van der Waals surface area contributed by atoms with Crippen LogP contribution in [0.2, 0.25) is 0 Å². The Morgan fingerprint density at radius 3 is 2.24 bits per heavy atom. The van der Waals surface area contributed by atoms with Crippen LogP contribution in [0.25, 0.3) is 0 Å². The molecule has 0 aromatic heterocycles. The van der Waals surface area contributed by atoms with Gasteiger partial charge in [0.05, 0.1) is 13.2 Å². The number of ether oxygens (including phenoxy) is 1. The number of nitrogens with two attached hydrogens (primary N) is 1. The largest absolute Gasteiger partial charge is 0.375 e. The Labute approximate surface area is 150 Å². The molecule has 4 N–H and O–H groups in total. The third kappa shape index (κ3) is 9.84. The van der Waals surface area contributed by atoms with Gasteiger partial charge in [-0.3, -0.25) is 9.59 Å². The number of benzene rings is 1. The molecule has 0 spiro atoms. The van der Waals surface area contributed by atoms with Crippen LogP contribution in [0.1, 0.15) is 43.2 Å². The van der Waals surface area contributed by atoms with Crippen molar-refractivity contribution in [2.75, 3.05) is 20.7 Å². The maximum Gasteiger partial charge on any atom is 0.219 e. The molecule has 0 heterocycles. The highest BCUT2D eigenvalue weighted by Gasteiger charge is 2.06. The molecule has 0 aliphatic rings. The smallest absolute Gasteiger partial charge is 0.219 e. The highest BCUT2D eigenvalue weighted by molar-refractivity contribution is 5.75. The van der Waals surface area contributed by atoms with Crippen LogP contribution in [-0.2, 0) is 27.4 Å². The van der Waals surface area contributed by atoms with Crippen LogP contribution in [0.5, 0.6) is 0 Å².